The number of fused-ring (bicyclic) bond motifs is 3. The first kappa shape index (κ1) is 17.1. The van der Waals surface area contributed by atoms with Crippen LogP contribution in [0.5, 0.6) is 0 Å². The molecule has 4 aliphatic carbocycles. The van der Waals surface area contributed by atoms with E-state index in [0.717, 1.165) is 57.8 Å². The van der Waals surface area contributed by atoms with Crippen molar-refractivity contribution in [2.24, 2.45) is 34.0 Å². The molecule has 0 heterocycles. The zero-order valence-corrected chi connectivity index (χ0v) is 15.7. The SMILES string of the molecule is C[C@@]12CCC[C@@](C)(C(=O)O)[C@H]1CC[C@@]13C[C@@H](CC[C@H]12)[C@@](O)(CCl)C3. The van der Waals surface area contributed by atoms with Crippen LogP contribution >= 0.6 is 11.6 Å². The fraction of sp³-hybridized carbons (Fsp3) is 0.950. The summed E-state index contributed by atoms with van der Waals surface area (Å²) in [7, 11) is 0. The zero-order chi connectivity index (χ0) is 17.4. The Balaban J connectivity index is 1.73. The van der Waals surface area contributed by atoms with E-state index in [2.05, 4.69) is 6.92 Å². The molecule has 4 heteroatoms. The highest BCUT2D eigenvalue weighted by Crippen LogP contribution is 2.72. The van der Waals surface area contributed by atoms with Crippen LogP contribution in [-0.2, 0) is 4.79 Å². The lowest BCUT2D eigenvalue weighted by atomic mass is 9.41. The highest BCUT2D eigenvalue weighted by atomic mass is 35.5. The van der Waals surface area contributed by atoms with Gasteiger partial charge in [-0.05, 0) is 86.9 Å². The number of alkyl halides is 1. The summed E-state index contributed by atoms with van der Waals surface area (Å²) in [6, 6.07) is 0. The largest absolute Gasteiger partial charge is 0.481 e. The Morgan fingerprint density at radius 3 is 2.54 bits per heavy atom. The molecule has 24 heavy (non-hydrogen) atoms. The van der Waals surface area contributed by atoms with Gasteiger partial charge in [-0.15, -0.1) is 11.6 Å². The van der Waals surface area contributed by atoms with Gasteiger partial charge < -0.3 is 10.2 Å². The van der Waals surface area contributed by atoms with E-state index < -0.39 is 17.0 Å². The van der Waals surface area contributed by atoms with Crippen molar-refractivity contribution in [3.8, 4) is 0 Å². The topological polar surface area (TPSA) is 57.5 Å². The van der Waals surface area contributed by atoms with E-state index in [4.69, 9.17) is 11.6 Å². The number of halogens is 1. The van der Waals surface area contributed by atoms with Crippen molar-refractivity contribution in [2.45, 2.75) is 77.2 Å². The van der Waals surface area contributed by atoms with Crippen LogP contribution in [0.4, 0.5) is 0 Å². The summed E-state index contributed by atoms with van der Waals surface area (Å²) in [6.07, 6.45) is 9.21. The summed E-state index contributed by atoms with van der Waals surface area (Å²) in [5.41, 5.74) is -0.960. The molecule has 0 aliphatic heterocycles. The number of hydrogen-bond donors (Lipinski definition) is 2. The van der Waals surface area contributed by atoms with Crippen molar-refractivity contribution in [1.82, 2.24) is 0 Å². The second kappa shape index (κ2) is 5.13. The van der Waals surface area contributed by atoms with E-state index in [1.54, 1.807) is 0 Å². The van der Waals surface area contributed by atoms with Crippen LogP contribution < -0.4 is 0 Å². The first-order valence-corrected chi connectivity index (χ1v) is 10.3. The summed E-state index contributed by atoms with van der Waals surface area (Å²) >= 11 is 6.17. The predicted octanol–water partition coefficient (Wildman–Crippen LogP) is 4.45. The minimum absolute atomic E-state index is 0.103. The van der Waals surface area contributed by atoms with Gasteiger partial charge in [-0.1, -0.05) is 13.3 Å². The lowest BCUT2D eigenvalue weighted by Gasteiger charge is -2.63. The monoisotopic (exact) mass is 354 g/mol. The van der Waals surface area contributed by atoms with E-state index in [9.17, 15) is 15.0 Å². The predicted molar refractivity (Wildman–Crippen MR) is 94.0 cm³/mol. The molecule has 7 atom stereocenters. The van der Waals surface area contributed by atoms with Gasteiger partial charge in [0.1, 0.15) is 0 Å². The van der Waals surface area contributed by atoms with Gasteiger partial charge in [0.2, 0.25) is 0 Å². The molecule has 2 N–H and O–H groups in total. The molecule has 0 unspecified atom stereocenters. The maximum atomic E-state index is 12.1. The van der Waals surface area contributed by atoms with E-state index in [-0.39, 0.29) is 16.7 Å². The number of hydrogen-bond acceptors (Lipinski definition) is 2. The molecule has 0 aromatic rings. The molecule has 136 valence electrons. The molecule has 4 fully saturated rings. The van der Waals surface area contributed by atoms with Crippen LogP contribution in [0.3, 0.4) is 0 Å². The molecule has 3 nitrogen and oxygen atoms in total. The Labute approximate surface area is 150 Å². The first-order chi connectivity index (χ1) is 11.2. The summed E-state index contributed by atoms with van der Waals surface area (Å²) in [5, 5.41) is 21.0. The Kier molecular flexibility index (Phi) is 3.66. The smallest absolute Gasteiger partial charge is 0.309 e. The molecule has 1 spiro atoms. The Bertz CT molecular complexity index is 565. The van der Waals surface area contributed by atoms with Crippen LogP contribution in [0.15, 0.2) is 0 Å². The zero-order valence-electron chi connectivity index (χ0n) is 15.0. The molecule has 0 amide bonds. The van der Waals surface area contributed by atoms with Crippen LogP contribution in [-0.4, -0.2) is 27.7 Å². The van der Waals surface area contributed by atoms with Gasteiger partial charge in [-0.2, -0.15) is 0 Å². The lowest BCUT2D eigenvalue weighted by Crippen LogP contribution is -2.58. The highest BCUT2D eigenvalue weighted by Gasteiger charge is 2.68. The number of carbonyl (C=O) groups is 1. The molecule has 4 saturated carbocycles. The lowest BCUT2D eigenvalue weighted by molar-refractivity contribution is -0.181. The highest BCUT2D eigenvalue weighted by molar-refractivity contribution is 6.18. The third-order valence-electron chi connectivity index (χ3n) is 9.04. The van der Waals surface area contributed by atoms with Gasteiger partial charge in [0.15, 0.2) is 0 Å². The molecule has 0 saturated heterocycles. The van der Waals surface area contributed by atoms with Gasteiger partial charge in [-0.3, -0.25) is 4.79 Å². The summed E-state index contributed by atoms with van der Waals surface area (Å²) in [6.45, 7) is 4.37. The molecule has 0 aromatic heterocycles. The van der Waals surface area contributed by atoms with Crippen LogP contribution in [0.25, 0.3) is 0 Å². The number of aliphatic hydroxyl groups is 1. The molecule has 0 aromatic carbocycles. The summed E-state index contributed by atoms with van der Waals surface area (Å²) < 4.78 is 0. The fourth-order valence-corrected chi connectivity index (χ4v) is 8.35. The third-order valence-corrected chi connectivity index (χ3v) is 9.50. The van der Waals surface area contributed by atoms with Gasteiger partial charge >= 0.3 is 5.97 Å². The van der Waals surface area contributed by atoms with Crippen molar-refractivity contribution in [3.05, 3.63) is 0 Å². The van der Waals surface area contributed by atoms with E-state index in [1.165, 1.54) is 0 Å². The second-order valence-electron chi connectivity index (χ2n) is 9.98. The van der Waals surface area contributed by atoms with Crippen molar-refractivity contribution >= 4 is 17.6 Å². The van der Waals surface area contributed by atoms with Gasteiger partial charge in [-0.25, -0.2) is 0 Å². The number of aliphatic carboxylic acids is 1. The van der Waals surface area contributed by atoms with Gasteiger partial charge in [0.05, 0.1) is 16.9 Å². The average molecular weight is 355 g/mol. The fourth-order valence-electron chi connectivity index (χ4n) is 8.03. The molecule has 4 rings (SSSR count). The molecule has 0 radical (unpaired) electrons. The standard InChI is InChI=1S/C20H31ClO3/c1-17-7-3-8-18(2,16(22)23)14(17)6-9-19-10-13(4-5-15(17)19)20(24,11-19)12-21/h13-15,24H,3-12H2,1-2H3,(H,22,23)/t13-,14+,15+,17-,18-,19+,20+/m1/s1. The molecule has 2 bridgehead atoms. The Morgan fingerprint density at radius 1 is 1.12 bits per heavy atom. The van der Waals surface area contributed by atoms with Crippen LogP contribution in [0.2, 0.25) is 0 Å². The van der Waals surface area contributed by atoms with Crippen molar-refractivity contribution in [2.75, 3.05) is 5.88 Å². The van der Waals surface area contributed by atoms with E-state index in [0.29, 0.717) is 17.7 Å². The van der Waals surface area contributed by atoms with Crippen molar-refractivity contribution in [1.29, 1.82) is 0 Å². The number of carboxylic acids is 1. The molecular formula is C20H31ClO3. The van der Waals surface area contributed by atoms with Crippen molar-refractivity contribution < 1.29 is 15.0 Å². The summed E-state index contributed by atoms with van der Waals surface area (Å²) in [4.78, 5) is 12.1. The average Bonchev–Trinajstić information content (AvgIpc) is 2.73. The van der Waals surface area contributed by atoms with E-state index >= 15 is 0 Å². The minimum atomic E-state index is -0.690. The minimum Gasteiger partial charge on any atom is -0.481 e. The third kappa shape index (κ3) is 1.97. The number of carboxylic acid groups (broad SMARTS) is 1. The number of rotatable bonds is 2. The Morgan fingerprint density at radius 2 is 1.88 bits per heavy atom. The van der Waals surface area contributed by atoms with Crippen molar-refractivity contribution in [3.63, 3.8) is 0 Å². The van der Waals surface area contributed by atoms with Gasteiger partial charge in [0, 0.05) is 0 Å². The summed E-state index contributed by atoms with van der Waals surface area (Å²) in [5.74, 6) is 0.913. The second-order valence-corrected chi connectivity index (χ2v) is 10.2. The normalized spacial score (nSPS) is 56.4. The first-order valence-electron chi connectivity index (χ1n) is 9.72. The molecule has 4 aliphatic rings. The van der Waals surface area contributed by atoms with Crippen LogP contribution in [0, 0.1) is 34.0 Å². The Hall–Kier alpha value is -0.280. The van der Waals surface area contributed by atoms with E-state index in [1.807, 2.05) is 6.92 Å². The maximum absolute atomic E-state index is 12.1. The van der Waals surface area contributed by atoms with Gasteiger partial charge in [0.25, 0.3) is 0 Å². The quantitative estimate of drug-likeness (QED) is 0.720. The molecular weight excluding hydrogens is 324 g/mol. The van der Waals surface area contributed by atoms with Crippen LogP contribution in [0.1, 0.15) is 71.6 Å². The maximum Gasteiger partial charge on any atom is 0.309 e.